The minimum atomic E-state index is -1.43. The molecule has 0 aliphatic rings. The van der Waals surface area contributed by atoms with Crippen LogP contribution in [0, 0.1) is 0 Å². The summed E-state index contributed by atoms with van der Waals surface area (Å²) in [6.45, 7) is 4.33. The Morgan fingerprint density at radius 3 is 2.71 bits per heavy atom. The molecule has 0 saturated heterocycles. The molecule has 1 atom stereocenters. The smallest absolute Gasteiger partial charge is 0.332 e. The van der Waals surface area contributed by atoms with E-state index in [0.29, 0.717) is 6.54 Å². The number of nitrogens with one attached hydrogen (secondary N) is 1. The maximum Gasteiger partial charge on any atom is 0.332 e. The van der Waals surface area contributed by atoms with Gasteiger partial charge in [0.15, 0.2) is 6.10 Å². The predicted octanol–water partition coefficient (Wildman–Crippen LogP) is 0.430. The van der Waals surface area contributed by atoms with Crippen LogP contribution in [0.5, 0.6) is 0 Å². The molecule has 0 saturated carbocycles. The molecule has 0 spiro atoms. The third-order valence-corrected chi connectivity index (χ3v) is 2.23. The topological polar surface area (TPSA) is 89.9 Å². The standard InChI is InChI=1S/C11H20N2O4/c1-3-4-5-8-13(2)11(17)12-7-6-9(14)10(15)16/h3,9,14H,1,4-8H2,2H3,(H,12,17)(H,15,16)/t9-/m0/s1. The van der Waals surface area contributed by atoms with Gasteiger partial charge in [-0.25, -0.2) is 9.59 Å². The number of hydrogen-bond acceptors (Lipinski definition) is 3. The highest BCUT2D eigenvalue weighted by Gasteiger charge is 2.13. The van der Waals surface area contributed by atoms with Crippen molar-refractivity contribution in [1.82, 2.24) is 10.2 Å². The number of aliphatic hydroxyl groups is 1. The van der Waals surface area contributed by atoms with Gasteiger partial charge in [-0.1, -0.05) is 6.08 Å². The Labute approximate surface area is 101 Å². The lowest BCUT2D eigenvalue weighted by Crippen LogP contribution is -2.39. The van der Waals surface area contributed by atoms with Crippen molar-refractivity contribution < 1.29 is 19.8 Å². The molecular weight excluding hydrogens is 224 g/mol. The highest BCUT2D eigenvalue weighted by atomic mass is 16.4. The molecule has 0 unspecified atom stereocenters. The molecule has 0 aromatic carbocycles. The average molecular weight is 244 g/mol. The fourth-order valence-electron chi connectivity index (χ4n) is 1.15. The van der Waals surface area contributed by atoms with Gasteiger partial charge in [0, 0.05) is 26.6 Å². The van der Waals surface area contributed by atoms with Crippen LogP contribution in [0.15, 0.2) is 12.7 Å². The van der Waals surface area contributed by atoms with Crippen molar-refractivity contribution in [3.05, 3.63) is 12.7 Å². The van der Waals surface area contributed by atoms with E-state index in [4.69, 9.17) is 10.2 Å². The number of amides is 2. The Kier molecular flexibility index (Phi) is 7.79. The summed E-state index contributed by atoms with van der Waals surface area (Å²) in [6.07, 6.45) is 2.04. The Morgan fingerprint density at radius 1 is 1.53 bits per heavy atom. The van der Waals surface area contributed by atoms with E-state index in [1.807, 2.05) is 0 Å². The minimum absolute atomic E-state index is 0.00156. The molecule has 0 aliphatic heterocycles. The van der Waals surface area contributed by atoms with E-state index in [1.165, 1.54) is 4.90 Å². The van der Waals surface area contributed by atoms with Gasteiger partial charge < -0.3 is 20.4 Å². The first kappa shape index (κ1) is 15.4. The van der Waals surface area contributed by atoms with Crippen LogP contribution in [-0.2, 0) is 4.79 Å². The van der Waals surface area contributed by atoms with Crippen molar-refractivity contribution in [2.24, 2.45) is 0 Å². The third kappa shape index (κ3) is 7.35. The van der Waals surface area contributed by atoms with Crippen molar-refractivity contribution in [2.45, 2.75) is 25.4 Å². The van der Waals surface area contributed by atoms with Gasteiger partial charge in [0.05, 0.1) is 0 Å². The van der Waals surface area contributed by atoms with Crippen LogP contribution in [0.2, 0.25) is 0 Å². The number of nitrogens with zero attached hydrogens (tertiary/aromatic N) is 1. The number of hydrogen-bond donors (Lipinski definition) is 3. The van der Waals surface area contributed by atoms with E-state index >= 15 is 0 Å². The van der Waals surface area contributed by atoms with Crippen molar-refractivity contribution in [1.29, 1.82) is 0 Å². The fraction of sp³-hybridized carbons (Fsp3) is 0.636. The van der Waals surface area contributed by atoms with Gasteiger partial charge in [0.2, 0.25) is 0 Å². The van der Waals surface area contributed by atoms with Crippen molar-refractivity contribution in [2.75, 3.05) is 20.1 Å². The van der Waals surface area contributed by atoms with Gasteiger partial charge in [-0.05, 0) is 12.8 Å². The Hall–Kier alpha value is -1.56. The zero-order chi connectivity index (χ0) is 13.3. The second-order valence-electron chi connectivity index (χ2n) is 3.73. The molecule has 0 heterocycles. The molecule has 0 rings (SSSR count). The zero-order valence-corrected chi connectivity index (χ0v) is 10.1. The lowest BCUT2D eigenvalue weighted by Gasteiger charge is -2.17. The van der Waals surface area contributed by atoms with Crippen LogP contribution in [0.4, 0.5) is 4.79 Å². The number of aliphatic hydroxyl groups excluding tert-OH is 1. The second kappa shape index (κ2) is 8.58. The Morgan fingerprint density at radius 2 is 2.18 bits per heavy atom. The van der Waals surface area contributed by atoms with Gasteiger partial charge in [-0.3, -0.25) is 0 Å². The summed E-state index contributed by atoms with van der Waals surface area (Å²) in [6, 6.07) is -0.272. The Balaban J connectivity index is 3.70. The summed E-state index contributed by atoms with van der Waals surface area (Å²) in [7, 11) is 1.66. The quantitative estimate of drug-likeness (QED) is 0.426. The van der Waals surface area contributed by atoms with Gasteiger partial charge in [0.25, 0.3) is 0 Å². The SMILES string of the molecule is C=CCCCN(C)C(=O)NCC[C@H](O)C(=O)O. The summed E-state index contributed by atoms with van der Waals surface area (Å²) in [4.78, 5) is 23.3. The van der Waals surface area contributed by atoms with Gasteiger partial charge in [-0.15, -0.1) is 6.58 Å². The number of carboxylic acids is 1. The minimum Gasteiger partial charge on any atom is -0.479 e. The molecule has 0 fully saturated rings. The molecule has 0 radical (unpaired) electrons. The molecule has 98 valence electrons. The highest BCUT2D eigenvalue weighted by molar-refractivity contribution is 5.74. The lowest BCUT2D eigenvalue weighted by atomic mass is 10.2. The molecule has 6 heteroatoms. The zero-order valence-electron chi connectivity index (χ0n) is 10.1. The van der Waals surface area contributed by atoms with Crippen LogP contribution in [0.25, 0.3) is 0 Å². The van der Waals surface area contributed by atoms with Crippen molar-refractivity contribution in [3.63, 3.8) is 0 Å². The van der Waals surface area contributed by atoms with Crippen LogP contribution < -0.4 is 5.32 Å². The van der Waals surface area contributed by atoms with Gasteiger partial charge in [-0.2, -0.15) is 0 Å². The summed E-state index contributed by atoms with van der Waals surface area (Å²) in [5, 5.41) is 19.9. The largest absolute Gasteiger partial charge is 0.479 e. The number of allylic oxidation sites excluding steroid dienone is 1. The normalized spacial score (nSPS) is 11.6. The van der Waals surface area contributed by atoms with Crippen molar-refractivity contribution in [3.8, 4) is 0 Å². The number of aliphatic carboxylic acids is 1. The average Bonchev–Trinajstić information content (AvgIpc) is 2.28. The first-order valence-electron chi connectivity index (χ1n) is 5.49. The summed E-state index contributed by atoms with van der Waals surface area (Å²) < 4.78 is 0. The summed E-state index contributed by atoms with van der Waals surface area (Å²) in [5.74, 6) is -1.28. The Bertz CT molecular complexity index is 268. The molecule has 3 N–H and O–H groups in total. The molecule has 2 amide bonds. The molecule has 0 aromatic heterocycles. The summed E-state index contributed by atoms with van der Waals surface area (Å²) >= 11 is 0. The van der Waals surface area contributed by atoms with Gasteiger partial charge >= 0.3 is 12.0 Å². The number of unbranched alkanes of at least 4 members (excludes halogenated alkanes) is 1. The van der Waals surface area contributed by atoms with Crippen LogP contribution in [0.3, 0.4) is 0 Å². The number of carboxylic acid groups (broad SMARTS) is 1. The van der Waals surface area contributed by atoms with E-state index in [9.17, 15) is 9.59 Å². The third-order valence-electron chi connectivity index (χ3n) is 2.23. The number of rotatable bonds is 8. The molecule has 0 aromatic rings. The highest BCUT2D eigenvalue weighted by Crippen LogP contribution is 1.95. The number of urea groups is 1. The molecule has 0 aliphatic carbocycles. The maximum atomic E-state index is 11.4. The van der Waals surface area contributed by atoms with E-state index in [0.717, 1.165) is 12.8 Å². The van der Waals surface area contributed by atoms with Crippen LogP contribution in [0.1, 0.15) is 19.3 Å². The molecule has 0 bridgehead atoms. The van der Waals surface area contributed by atoms with E-state index in [1.54, 1.807) is 13.1 Å². The van der Waals surface area contributed by atoms with E-state index in [-0.39, 0.29) is 19.0 Å². The molecular formula is C11H20N2O4. The maximum absolute atomic E-state index is 11.4. The fourth-order valence-corrected chi connectivity index (χ4v) is 1.15. The first-order valence-corrected chi connectivity index (χ1v) is 5.49. The monoisotopic (exact) mass is 244 g/mol. The van der Waals surface area contributed by atoms with E-state index < -0.39 is 12.1 Å². The van der Waals surface area contributed by atoms with Crippen molar-refractivity contribution >= 4 is 12.0 Å². The molecule has 6 nitrogen and oxygen atoms in total. The lowest BCUT2D eigenvalue weighted by molar-refractivity contribution is -0.146. The second-order valence-corrected chi connectivity index (χ2v) is 3.73. The van der Waals surface area contributed by atoms with Crippen LogP contribution in [-0.4, -0.2) is 53.4 Å². The first-order chi connectivity index (χ1) is 7.99. The number of carbonyl (C=O) groups is 2. The number of carbonyl (C=O) groups excluding carboxylic acids is 1. The van der Waals surface area contributed by atoms with Gasteiger partial charge in [0.1, 0.15) is 0 Å². The summed E-state index contributed by atoms with van der Waals surface area (Å²) in [5.41, 5.74) is 0. The molecule has 17 heavy (non-hydrogen) atoms. The van der Waals surface area contributed by atoms with Crippen LogP contribution >= 0.6 is 0 Å². The van der Waals surface area contributed by atoms with E-state index in [2.05, 4.69) is 11.9 Å². The predicted molar refractivity (Wildman–Crippen MR) is 63.7 cm³/mol.